The average molecular weight is 318 g/mol. The highest BCUT2D eigenvalue weighted by Gasteiger charge is 2.15. The Bertz CT molecular complexity index is 596. The van der Waals surface area contributed by atoms with Crippen molar-refractivity contribution in [1.29, 1.82) is 0 Å². The third-order valence-corrected chi connectivity index (χ3v) is 4.35. The number of benzene rings is 1. The Kier molecular flexibility index (Phi) is 6.40. The predicted molar refractivity (Wildman–Crippen MR) is 89.5 cm³/mol. The number of unbranched alkanes of at least 4 members (excludes halogenated alkanes) is 2. The Morgan fingerprint density at radius 1 is 1.27 bits per heavy atom. The van der Waals surface area contributed by atoms with Crippen LogP contribution in [0.25, 0.3) is 0 Å². The second kappa shape index (κ2) is 8.54. The molecule has 0 fully saturated rings. The van der Waals surface area contributed by atoms with Crippen LogP contribution in [0.3, 0.4) is 0 Å². The van der Waals surface area contributed by atoms with Crippen LogP contribution in [0.4, 0.5) is 0 Å². The molecule has 1 heterocycles. The van der Waals surface area contributed by atoms with Crippen LogP contribution in [-0.4, -0.2) is 17.4 Å². The number of aryl methyl sites for hydroxylation is 1. The lowest BCUT2D eigenvalue weighted by atomic mass is 10.2. The van der Waals surface area contributed by atoms with Crippen LogP contribution in [0.1, 0.15) is 46.6 Å². The first-order chi connectivity index (χ1) is 10.7. The number of carbonyl (C=O) groups is 1. The number of aromatic nitrogens is 1. The maximum atomic E-state index is 12.1. The lowest BCUT2D eigenvalue weighted by Gasteiger charge is -2.03. The molecule has 0 radical (unpaired) electrons. The molecule has 22 heavy (non-hydrogen) atoms. The molecular weight excluding hydrogens is 296 g/mol. The van der Waals surface area contributed by atoms with Gasteiger partial charge >= 0.3 is 0 Å². The molecular formula is C17H22N2O2S. The fraction of sp³-hybridized carbons (Fsp3) is 0.412. The van der Waals surface area contributed by atoms with Crippen molar-refractivity contribution in [1.82, 2.24) is 10.3 Å². The van der Waals surface area contributed by atoms with Gasteiger partial charge in [-0.05, 0) is 25.5 Å². The summed E-state index contributed by atoms with van der Waals surface area (Å²) in [6.07, 6.45) is 3.30. The van der Waals surface area contributed by atoms with E-state index >= 15 is 0 Å². The van der Waals surface area contributed by atoms with E-state index in [0.29, 0.717) is 11.5 Å². The third-order valence-electron chi connectivity index (χ3n) is 3.22. The minimum atomic E-state index is -0.0305. The van der Waals surface area contributed by atoms with Crippen molar-refractivity contribution in [2.24, 2.45) is 0 Å². The smallest absolute Gasteiger partial charge is 0.263 e. The lowest BCUT2D eigenvalue weighted by molar-refractivity contribution is 0.0956. The van der Waals surface area contributed by atoms with Crippen molar-refractivity contribution in [3.8, 4) is 5.75 Å². The highest BCUT2D eigenvalue weighted by molar-refractivity contribution is 7.13. The summed E-state index contributed by atoms with van der Waals surface area (Å²) in [5.74, 6) is 0.776. The van der Waals surface area contributed by atoms with Crippen LogP contribution in [-0.2, 0) is 6.61 Å². The zero-order valence-corrected chi connectivity index (χ0v) is 13.9. The molecule has 4 nitrogen and oxygen atoms in total. The van der Waals surface area contributed by atoms with Crippen LogP contribution >= 0.6 is 11.3 Å². The molecule has 1 aromatic heterocycles. The standard InChI is InChI=1S/C17H22N2O2S/c1-3-4-8-11-18-17(20)16-13(2)19-15(22-16)12-21-14-9-6-5-7-10-14/h5-7,9-10H,3-4,8,11-12H2,1-2H3,(H,18,20). The molecule has 0 unspecified atom stereocenters. The van der Waals surface area contributed by atoms with Crippen molar-refractivity contribution in [3.63, 3.8) is 0 Å². The number of rotatable bonds is 8. The number of nitrogens with zero attached hydrogens (tertiary/aromatic N) is 1. The van der Waals surface area contributed by atoms with Gasteiger partial charge in [-0.1, -0.05) is 38.0 Å². The van der Waals surface area contributed by atoms with Gasteiger partial charge in [0, 0.05) is 6.54 Å². The molecule has 118 valence electrons. The van der Waals surface area contributed by atoms with Crippen molar-refractivity contribution in [2.75, 3.05) is 6.54 Å². The summed E-state index contributed by atoms with van der Waals surface area (Å²) >= 11 is 1.40. The fourth-order valence-corrected chi connectivity index (χ4v) is 2.94. The van der Waals surface area contributed by atoms with E-state index in [2.05, 4.69) is 17.2 Å². The van der Waals surface area contributed by atoms with Crippen LogP contribution in [0, 0.1) is 6.92 Å². The van der Waals surface area contributed by atoms with Crippen molar-refractivity contribution in [2.45, 2.75) is 39.7 Å². The molecule has 5 heteroatoms. The second-order valence-corrected chi connectivity index (χ2v) is 6.17. The zero-order chi connectivity index (χ0) is 15.8. The van der Waals surface area contributed by atoms with Crippen molar-refractivity contribution in [3.05, 3.63) is 45.9 Å². The molecule has 0 spiro atoms. The first-order valence-corrected chi connectivity index (χ1v) is 8.44. The van der Waals surface area contributed by atoms with Gasteiger partial charge in [0.1, 0.15) is 22.2 Å². The molecule has 2 rings (SSSR count). The maximum Gasteiger partial charge on any atom is 0.263 e. The molecule has 0 saturated carbocycles. The number of hydrogen-bond donors (Lipinski definition) is 1. The van der Waals surface area contributed by atoms with Crippen LogP contribution < -0.4 is 10.1 Å². The normalized spacial score (nSPS) is 10.5. The lowest BCUT2D eigenvalue weighted by Crippen LogP contribution is -2.24. The topological polar surface area (TPSA) is 51.2 Å². The number of hydrogen-bond acceptors (Lipinski definition) is 4. The van der Waals surface area contributed by atoms with Crippen molar-refractivity contribution < 1.29 is 9.53 Å². The Balaban J connectivity index is 1.88. The van der Waals surface area contributed by atoms with Gasteiger partial charge in [0.2, 0.25) is 0 Å². The van der Waals surface area contributed by atoms with E-state index in [-0.39, 0.29) is 5.91 Å². The molecule has 0 aliphatic carbocycles. The van der Waals surface area contributed by atoms with Gasteiger partial charge < -0.3 is 10.1 Å². The molecule has 0 atom stereocenters. The van der Waals surface area contributed by atoms with Gasteiger partial charge in [0.15, 0.2) is 0 Å². The molecule has 0 saturated heterocycles. The number of carbonyl (C=O) groups excluding carboxylic acids is 1. The number of ether oxygens (including phenoxy) is 1. The van der Waals surface area contributed by atoms with Crippen molar-refractivity contribution >= 4 is 17.2 Å². The third kappa shape index (κ3) is 4.84. The van der Waals surface area contributed by atoms with Gasteiger partial charge in [-0.2, -0.15) is 0 Å². The Hall–Kier alpha value is -1.88. The quantitative estimate of drug-likeness (QED) is 0.750. The number of thiazole rings is 1. The highest BCUT2D eigenvalue weighted by Crippen LogP contribution is 2.20. The van der Waals surface area contributed by atoms with Crippen LogP contribution in [0.2, 0.25) is 0 Å². The summed E-state index contributed by atoms with van der Waals surface area (Å²) in [7, 11) is 0. The van der Waals surface area contributed by atoms with Gasteiger partial charge in [-0.3, -0.25) is 4.79 Å². The first kappa shape index (κ1) is 16.5. The molecule has 0 bridgehead atoms. The van der Waals surface area contributed by atoms with Crippen LogP contribution in [0.5, 0.6) is 5.75 Å². The van der Waals surface area contributed by atoms with E-state index in [1.165, 1.54) is 11.3 Å². The molecule has 1 N–H and O–H groups in total. The monoisotopic (exact) mass is 318 g/mol. The number of para-hydroxylation sites is 1. The highest BCUT2D eigenvalue weighted by atomic mass is 32.1. The minimum Gasteiger partial charge on any atom is -0.486 e. The summed E-state index contributed by atoms with van der Waals surface area (Å²) in [6.45, 7) is 5.12. The average Bonchev–Trinajstić information content (AvgIpc) is 2.91. The molecule has 1 amide bonds. The number of amides is 1. The van der Waals surface area contributed by atoms with Gasteiger partial charge in [-0.15, -0.1) is 11.3 Å². The van der Waals surface area contributed by atoms with E-state index in [9.17, 15) is 4.79 Å². The number of nitrogens with one attached hydrogen (secondary N) is 1. The summed E-state index contributed by atoms with van der Waals surface area (Å²) in [5.41, 5.74) is 0.768. The summed E-state index contributed by atoms with van der Waals surface area (Å²) in [6, 6.07) is 9.61. The second-order valence-electron chi connectivity index (χ2n) is 5.09. The molecule has 1 aromatic carbocycles. The van der Waals surface area contributed by atoms with E-state index in [1.54, 1.807) is 0 Å². The zero-order valence-electron chi connectivity index (χ0n) is 13.1. The minimum absolute atomic E-state index is 0.0305. The van der Waals surface area contributed by atoms with Gasteiger partial charge in [0.05, 0.1) is 5.69 Å². The molecule has 0 aliphatic rings. The maximum absolute atomic E-state index is 12.1. The Morgan fingerprint density at radius 3 is 2.77 bits per heavy atom. The van der Waals surface area contributed by atoms with E-state index in [4.69, 9.17) is 4.74 Å². The van der Waals surface area contributed by atoms with E-state index in [1.807, 2.05) is 37.3 Å². The first-order valence-electron chi connectivity index (χ1n) is 7.63. The summed E-state index contributed by atoms with van der Waals surface area (Å²) in [4.78, 5) is 17.2. The van der Waals surface area contributed by atoms with Gasteiger partial charge in [-0.25, -0.2) is 4.98 Å². The van der Waals surface area contributed by atoms with Crippen LogP contribution in [0.15, 0.2) is 30.3 Å². The SMILES string of the molecule is CCCCCNC(=O)c1sc(COc2ccccc2)nc1C. The van der Waals surface area contributed by atoms with E-state index in [0.717, 1.165) is 42.3 Å². The fourth-order valence-electron chi connectivity index (χ4n) is 2.04. The predicted octanol–water partition coefficient (Wildman–Crippen LogP) is 3.95. The molecule has 0 aliphatic heterocycles. The van der Waals surface area contributed by atoms with E-state index < -0.39 is 0 Å². The van der Waals surface area contributed by atoms with Gasteiger partial charge in [0.25, 0.3) is 5.91 Å². The molecule has 2 aromatic rings. The summed E-state index contributed by atoms with van der Waals surface area (Å²) < 4.78 is 5.67. The Labute approximate surface area is 135 Å². The largest absolute Gasteiger partial charge is 0.486 e. The Morgan fingerprint density at radius 2 is 2.05 bits per heavy atom. The summed E-state index contributed by atoms with van der Waals surface area (Å²) in [5, 5.41) is 3.77.